The van der Waals surface area contributed by atoms with E-state index in [0.29, 0.717) is 13.1 Å². The van der Waals surface area contributed by atoms with Crippen LogP contribution in [-0.4, -0.2) is 33.1 Å². The van der Waals surface area contributed by atoms with Crippen LogP contribution in [0.25, 0.3) is 0 Å². The van der Waals surface area contributed by atoms with Crippen molar-refractivity contribution < 1.29 is 14.6 Å². The van der Waals surface area contributed by atoms with E-state index in [1.165, 1.54) is 0 Å². The molecule has 0 aliphatic rings. The lowest BCUT2D eigenvalue weighted by Crippen LogP contribution is -2.33. The number of alkyl carbamates (subject to hydrolysis) is 1. The Bertz CT molecular complexity index is 382. The summed E-state index contributed by atoms with van der Waals surface area (Å²) in [4.78, 5) is 11.3. The van der Waals surface area contributed by atoms with E-state index in [-0.39, 0.29) is 6.61 Å². The third kappa shape index (κ3) is 5.18. The van der Waals surface area contributed by atoms with Gasteiger partial charge in [0.05, 0.1) is 12.3 Å². The molecule has 0 spiro atoms. The molecule has 0 aliphatic carbocycles. The molecule has 0 bridgehead atoms. The Hall–Kier alpha value is -1.56. The summed E-state index contributed by atoms with van der Waals surface area (Å²) < 4.78 is 6.83. The molecule has 0 unspecified atom stereocenters. The van der Waals surface area contributed by atoms with E-state index in [4.69, 9.17) is 9.84 Å². The molecule has 1 rings (SSSR count). The lowest BCUT2D eigenvalue weighted by atomic mass is 10.2. The van der Waals surface area contributed by atoms with Crippen LogP contribution in [0.2, 0.25) is 0 Å². The highest BCUT2D eigenvalue weighted by Crippen LogP contribution is 2.06. The van der Waals surface area contributed by atoms with E-state index < -0.39 is 11.7 Å². The Morgan fingerprint density at radius 2 is 2.28 bits per heavy atom. The molecule has 1 aromatic heterocycles. The van der Waals surface area contributed by atoms with Crippen molar-refractivity contribution >= 4 is 6.09 Å². The summed E-state index contributed by atoms with van der Waals surface area (Å²) in [5.74, 6) is 0. The van der Waals surface area contributed by atoms with Crippen LogP contribution in [0.5, 0.6) is 0 Å². The second-order valence-corrected chi connectivity index (χ2v) is 4.99. The highest BCUT2D eigenvalue weighted by Gasteiger charge is 2.15. The summed E-state index contributed by atoms with van der Waals surface area (Å²) in [6.07, 6.45) is 1.96. The number of nitrogens with one attached hydrogen (secondary N) is 1. The molecule has 18 heavy (non-hydrogen) atoms. The normalized spacial score (nSPS) is 11.3. The van der Waals surface area contributed by atoms with Crippen LogP contribution in [0, 0.1) is 0 Å². The fourth-order valence-corrected chi connectivity index (χ4v) is 1.43. The topological polar surface area (TPSA) is 76.4 Å². The van der Waals surface area contributed by atoms with Crippen molar-refractivity contribution in [1.29, 1.82) is 0 Å². The summed E-state index contributed by atoms with van der Waals surface area (Å²) in [7, 11) is 0. The average Bonchev–Trinajstić information content (AvgIpc) is 2.69. The molecule has 1 heterocycles. The molecular formula is C12H21N3O3. The zero-order valence-corrected chi connectivity index (χ0v) is 11.1. The molecule has 0 radical (unpaired) electrons. The number of aliphatic hydroxyl groups is 1. The predicted molar refractivity (Wildman–Crippen MR) is 67.0 cm³/mol. The van der Waals surface area contributed by atoms with Crippen molar-refractivity contribution in [3.8, 4) is 0 Å². The highest BCUT2D eigenvalue weighted by atomic mass is 16.6. The smallest absolute Gasteiger partial charge is 0.407 e. The lowest BCUT2D eigenvalue weighted by Gasteiger charge is -2.19. The second kappa shape index (κ2) is 6.39. The number of hydrogen-bond donors (Lipinski definition) is 2. The molecule has 0 aromatic carbocycles. The summed E-state index contributed by atoms with van der Waals surface area (Å²) in [6, 6.07) is 1.77. The van der Waals surface area contributed by atoms with E-state index in [9.17, 15) is 4.79 Å². The van der Waals surface area contributed by atoms with Gasteiger partial charge in [-0.1, -0.05) is 0 Å². The maximum absolute atomic E-state index is 11.3. The number of carbonyl (C=O) groups is 1. The Balaban J connectivity index is 2.21. The molecule has 1 aromatic rings. The van der Waals surface area contributed by atoms with Crippen LogP contribution in [0.15, 0.2) is 12.3 Å². The van der Waals surface area contributed by atoms with Gasteiger partial charge in [-0.15, -0.1) is 0 Å². The third-order valence-electron chi connectivity index (χ3n) is 2.18. The molecule has 6 heteroatoms. The minimum absolute atomic E-state index is 0.0283. The quantitative estimate of drug-likeness (QED) is 0.777. The van der Waals surface area contributed by atoms with Crippen molar-refractivity contribution in [2.24, 2.45) is 0 Å². The highest BCUT2D eigenvalue weighted by molar-refractivity contribution is 5.67. The number of aliphatic hydroxyl groups excluding tert-OH is 1. The van der Waals surface area contributed by atoms with Crippen LogP contribution < -0.4 is 5.32 Å². The molecule has 0 atom stereocenters. The maximum atomic E-state index is 11.3. The SMILES string of the molecule is CC(C)(C)OC(=O)NCCCn1nccc1CO. The van der Waals surface area contributed by atoms with Gasteiger partial charge in [-0.2, -0.15) is 5.10 Å². The van der Waals surface area contributed by atoms with Gasteiger partial charge in [0.15, 0.2) is 0 Å². The largest absolute Gasteiger partial charge is 0.444 e. The van der Waals surface area contributed by atoms with Gasteiger partial charge in [0, 0.05) is 19.3 Å². The molecule has 0 saturated heterocycles. The predicted octanol–water partition coefficient (Wildman–Crippen LogP) is 1.29. The molecule has 0 saturated carbocycles. The molecular weight excluding hydrogens is 234 g/mol. The monoisotopic (exact) mass is 255 g/mol. The Morgan fingerprint density at radius 1 is 1.56 bits per heavy atom. The van der Waals surface area contributed by atoms with E-state index >= 15 is 0 Å². The van der Waals surface area contributed by atoms with Crippen LogP contribution in [0.4, 0.5) is 4.79 Å². The number of amides is 1. The maximum Gasteiger partial charge on any atom is 0.407 e. The summed E-state index contributed by atoms with van der Waals surface area (Å²) in [6.45, 7) is 6.61. The van der Waals surface area contributed by atoms with Crippen LogP contribution in [0.3, 0.4) is 0 Å². The molecule has 6 nitrogen and oxygen atoms in total. The van der Waals surface area contributed by atoms with Gasteiger partial charge in [-0.25, -0.2) is 4.79 Å². The number of rotatable bonds is 5. The van der Waals surface area contributed by atoms with Gasteiger partial charge < -0.3 is 15.2 Å². The summed E-state index contributed by atoms with van der Waals surface area (Å²) in [5, 5.41) is 15.8. The number of hydrogen-bond acceptors (Lipinski definition) is 4. The summed E-state index contributed by atoms with van der Waals surface area (Å²) in [5.41, 5.74) is 0.295. The number of aromatic nitrogens is 2. The second-order valence-electron chi connectivity index (χ2n) is 4.99. The number of aryl methyl sites for hydroxylation is 1. The van der Waals surface area contributed by atoms with Crippen LogP contribution >= 0.6 is 0 Å². The molecule has 0 aliphatic heterocycles. The first-order chi connectivity index (χ1) is 8.42. The van der Waals surface area contributed by atoms with Gasteiger partial charge in [0.1, 0.15) is 5.60 Å². The van der Waals surface area contributed by atoms with E-state index in [0.717, 1.165) is 12.1 Å². The van der Waals surface area contributed by atoms with Crippen molar-refractivity contribution in [3.05, 3.63) is 18.0 Å². The minimum Gasteiger partial charge on any atom is -0.444 e. The zero-order chi connectivity index (χ0) is 13.6. The van der Waals surface area contributed by atoms with E-state index in [2.05, 4.69) is 10.4 Å². The van der Waals surface area contributed by atoms with Gasteiger partial charge in [-0.05, 0) is 33.3 Å². The van der Waals surface area contributed by atoms with Crippen molar-refractivity contribution in [1.82, 2.24) is 15.1 Å². The number of carbonyl (C=O) groups excluding carboxylic acids is 1. The van der Waals surface area contributed by atoms with Crippen molar-refractivity contribution in [3.63, 3.8) is 0 Å². The van der Waals surface area contributed by atoms with Gasteiger partial charge >= 0.3 is 6.09 Å². The minimum atomic E-state index is -0.476. The molecule has 2 N–H and O–H groups in total. The number of nitrogens with zero attached hydrogens (tertiary/aromatic N) is 2. The van der Waals surface area contributed by atoms with Crippen LogP contribution in [0.1, 0.15) is 32.9 Å². The lowest BCUT2D eigenvalue weighted by molar-refractivity contribution is 0.0526. The van der Waals surface area contributed by atoms with E-state index in [1.807, 2.05) is 20.8 Å². The first-order valence-electron chi connectivity index (χ1n) is 6.01. The number of ether oxygens (including phenoxy) is 1. The van der Waals surface area contributed by atoms with Gasteiger partial charge in [-0.3, -0.25) is 4.68 Å². The Kier molecular flexibility index (Phi) is 5.15. The standard InChI is InChI=1S/C12H21N3O3/c1-12(2,3)18-11(17)13-6-4-8-15-10(9-16)5-7-14-15/h5,7,16H,4,6,8-9H2,1-3H3,(H,13,17). The first-order valence-corrected chi connectivity index (χ1v) is 6.01. The van der Waals surface area contributed by atoms with Crippen LogP contribution in [-0.2, 0) is 17.9 Å². The fraction of sp³-hybridized carbons (Fsp3) is 0.667. The fourth-order valence-electron chi connectivity index (χ4n) is 1.43. The average molecular weight is 255 g/mol. The van der Waals surface area contributed by atoms with Gasteiger partial charge in [0.2, 0.25) is 0 Å². The third-order valence-corrected chi connectivity index (χ3v) is 2.18. The first kappa shape index (κ1) is 14.5. The van der Waals surface area contributed by atoms with Crippen molar-refractivity contribution in [2.45, 2.75) is 45.9 Å². The van der Waals surface area contributed by atoms with E-state index in [1.54, 1.807) is 16.9 Å². The van der Waals surface area contributed by atoms with Gasteiger partial charge in [0.25, 0.3) is 0 Å². The molecule has 102 valence electrons. The molecule has 1 amide bonds. The Morgan fingerprint density at radius 3 is 2.89 bits per heavy atom. The zero-order valence-electron chi connectivity index (χ0n) is 11.1. The van der Waals surface area contributed by atoms with Crippen molar-refractivity contribution in [2.75, 3.05) is 6.54 Å². The Labute approximate surface area is 107 Å². The summed E-state index contributed by atoms with van der Waals surface area (Å²) >= 11 is 0. The molecule has 0 fully saturated rings.